The highest BCUT2D eigenvalue weighted by Gasteiger charge is 2.13. The molecule has 0 saturated heterocycles. The largest absolute Gasteiger partial charge is 0.467 e. The minimum Gasteiger partial charge on any atom is -0.467 e. The van der Waals surface area contributed by atoms with E-state index in [1.54, 1.807) is 30.9 Å². The maximum Gasteiger partial charge on any atom is 0.251 e. The van der Waals surface area contributed by atoms with Crippen LogP contribution in [0.25, 0.3) is 16.9 Å². The number of amides is 1. The molecule has 0 bridgehead atoms. The summed E-state index contributed by atoms with van der Waals surface area (Å²) in [7, 11) is 0. The molecule has 2 aromatic carbocycles. The topological polar surface area (TPSA) is 97.9 Å². The summed E-state index contributed by atoms with van der Waals surface area (Å²) in [5, 5.41) is 6.19. The first kappa shape index (κ1) is 20.4. The first-order valence-electron chi connectivity index (χ1n) is 10.6. The van der Waals surface area contributed by atoms with E-state index >= 15 is 0 Å². The van der Waals surface area contributed by atoms with Gasteiger partial charge in [0, 0.05) is 11.8 Å². The molecule has 0 saturated carbocycles. The Hall–Kier alpha value is -4.46. The molecule has 8 nitrogen and oxygen atoms in total. The van der Waals surface area contributed by atoms with Crippen LogP contribution in [0.15, 0.2) is 89.9 Å². The molecule has 164 valence electrons. The quantitative estimate of drug-likeness (QED) is 0.388. The number of carbonyl (C=O) groups is 1. The SMILES string of the molecule is C[C@H](Nc1nccc(-n2cnc3ccccc32)n1)c1cccc(C(=O)NCc2ccco2)c1. The van der Waals surface area contributed by atoms with Gasteiger partial charge in [0.25, 0.3) is 5.91 Å². The van der Waals surface area contributed by atoms with Gasteiger partial charge in [0.05, 0.1) is 29.9 Å². The fourth-order valence-electron chi connectivity index (χ4n) is 3.60. The summed E-state index contributed by atoms with van der Waals surface area (Å²) in [6.07, 6.45) is 5.05. The third-order valence-corrected chi connectivity index (χ3v) is 5.34. The second kappa shape index (κ2) is 8.96. The summed E-state index contributed by atoms with van der Waals surface area (Å²) < 4.78 is 7.19. The number of fused-ring (bicyclic) bond motifs is 1. The molecule has 5 aromatic rings. The van der Waals surface area contributed by atoms with Crippen molar-refractivity contribution in [2.45, 2.75) is 19.5 Å². The summed E-state index contributed by atoms with van der Waals surface area (Å²) in [6.45, 7) is 2.34. The van der Waals surface area contributed by atoms with E-state index in [1.165, 1.54) is 0 Å². The lowest BCUT2D eigenvalue weighted by molar-refractivity contribution is 0.0948. The summed E-state index contributed by atoms with van der Waals surface area (Å²) >= 11 is 0. The van der Waals surface area contributed by atoms with E-state index in [9.17, 15) is 4.79 Å². The van der Waals surface area contributed by atoms with Crippen molar-refractivity contribution in [1.82, 2.24) is 24.8 Å². The van der Waals surface area contributed by atoms with Crippen LogP contribution in [0.3, 0.4) is 0 Å². The van der Waals surface area contributed by atoms with Gasteiger partial charge in [-0.25, -0.2) is 9.97 Å². The van der Waals surface area contributed by atoms with Gasteiger partial charge in [-0.1, -0.05) is 24.3 Å². The van der Waals surface area contributed by atoms with Gasteiger partial charge >= 0.3 is 0 Å². The fourth-order valence-corrected chi connectivity index (χ4v) is 3.60. The molecule has 0 radical (unpaired) electrons. The van der Waals surface area contributed by atoms with Crippen LogP contribution >= 0.6 is 0 Å². The van der Waals surface area contributed by atoms with Gasteiger partial charge in [0.1, 0.15) is 17.9 Å². The van der Waals surface area contributed by atoms with Crippen LogP contribution in [0.4, 0.5) is 5.95 Å². The van der Waals surface area contributed by atoms with E-state index in [4.69, 9.17) is 4.42 Å². The van der Waals surface area contributed by atoms with E-state index in [0.29, 0.717) is 23.8 Å². The lowest BCUT2D eigenvalue weighted by Crippen LogP contribution is -2.22. The van der Waals surface area contributed by atoms with Crippen molar-refractivity contribution >= 4 is 22.9 Å². The maximum atomic E-state index is 12.5. The van der Waals surface area contributed by atoms with Crippen molar-refractivity contribution in [2.75, 3.05) is 5.32 Å². The van der Waals surface area contributed by atoms with E-state index in [2.05, 4.69) is 25.6 Å². The Balaban J connectivity index is 1.31. The van der Waals surface area contributed by atoms with Crippen LogP contribution in [0.5, 0.6) is 0 Å². The summed E-state index contributed by atoms with van der Waals surface area (Å²) in [4.78, 5) is 26.0. The predicted octanol–water partition coefficient (Wildman–Crippen LogP) is 4.51. The Morgan fingerprint density at radius 1 is 1.06 bits per heavy atom. The number of anilines is 1. The van der Waals surface area contributed by atoms with Gasteiger partial charge in [-0.3, -0.25) is 9.36 Å². The molecule has 8 heteroatoms. The predicted molar refractivity (Wildman–Crippen MR) is 125 cm³/mol. The van der Waals surface area contributed by atoms with Crippen molar-refractivity contribution in [3.8, 4) is 5.82 Å². The number of aromatic nitrogens is 4. The standard InChI is InChI=1S/C25H22N6O2/c1-17(18-6-4-7-19(14-18)24(32)27-15-20-8-5-13-33-20)29-25-26-12-11-23(30-25)31-16-28-21-9-2-3-10-22(21)31/h2-14,16-17H,15H2,1H3,(H,27,32)(H,26,29,30)/t17-/m0/s1. The van der Waals surface area contributed by atoms with Crippen molar-refractivity contribution < 1.29 is 9.21 Å². The van der Waals surface area contributed by atoms with Crippen molar-refractivity contribution in [3.63, 3.8) is 0 Å². The Morgan fingerprint density at radius 2 is 1.97 bits per heavy atom. The van der Waals surface area contributed by atoms with Crippen LogP contribution in [0, 0.1) is 0 Å². The van der Waals surface area contributed by atoms with E-state index in [0.717, 1.165) is 22.4 Å². The molecule has 33 heavy (non-hydrogen) atoms. The highest BCUT2D eigenvalue weighted by Crippen LogP contribution is 2.20. The molecule has 0 unspecified atom stereocenters. The zero-order valence-corrected chi connectivity index (χ0v) is 18.0. The second-order valence-corrected chi connectivity index (χ2v) is 7.60. The molecule has 0 aliphatic rings. The Morgan fingerprint density at radius 3 is 2.85 bits per heavy atom. The molecule has 1 amide bonds. The van der Waals surface area contributed by atoms with Crippen LogP contribution in [-0.2, 0) is 6.54 Å². The van der Waals surface area contributed by atoms with Crippen LogP contribution in [0.1, 0.15) is 34.6 Å². The number of nitrogens with one attached hydrogen (secondary N) is 2. The number of hydrogen-bond acceptors (Lipinski definition) is 6. The average Bonchev–Trinajstić information content (AvgIpc) is 3.53. The molecule has 5 rings (SSSR count). The van der Waals surface area contributed by atoms with Gasteiger partial charge in [-0.2, -0.15) is 4.98 Å². The number of nitrogens with zero attached hydrogens (tertiary/aromatic N) is 4. The van der Waals surface area contributed by atoms with Crippen LogP contribution in [0.2, 0.25) is 0 Å². The molecule has 3 aromatic heterocycles. The highest BCUT2D eigenvalue weighted by molar-refractivity contribution is 5.94. The number of benzene rings is 2. The first-order chi connectivity index (χ1) is 16.2. The fraction of sp³-hybridized carbons (Fsp3) is 0.120. The molecule has 0 fully saturated rings. The highest BCUT2D eigenvalue weighted by atomic mass is 16.3. The van der Waals surface area contributed by atoms with Crippen molar-refractivity contribution in [2.24, 2.45) is 0 Å². The Labute approximate surface area is 190 Å². The summed E-state index contributed by atoms with van der Waals surface area (Å²) in [5.41, 5.74) is 3.40. The van der Waals surface area contributed by atoms with E-state index in [1.807, 2.05) is 66.1 Å². The minimum absolute atomic E-state index is 0.113. The zero-order chi connectivity index (χ0) is 22.6. The van der Waals surface area contributed by atoms with E-state index < -0.39 is 0 Å². The molecule has 2 N–H and O–H groups in total. The molecule has 0 aliphatic heterocycles. The monoisotopic (exact) mass is 438 g/mol. The smallest absolute Gasteiger partial charge is 0.251 e. The van der Waals surface area contributed by atoms with Crippen LogP contribution < -0.4 is 10.6 Å². The molecule has 0 spiro atoms. The number of imidazole rings is 1. The van der Waals surface area contributed by atoms with Crippen LogP contribution in [-0.4, -0.2) is 25.4 Å². The molecule has 1 atom stereocenters. The van der Waals surface area contributed by atoms with E-state index in [-0.39, 0.29) is 11.9 Å². The molecule has 3 heterocycles. The van der Waals surface area contributed by atoms with Gasteiger partial charge < -0.3 is 15.1 Å². The average molecular weight is 438 g/mol. The number of furan rings is 1. The van der Waals surface area contributed by atoms with Gasteiger partial charge in [0.2, 0.25) is 5.95 Å². The molecular formula is C25H22N6O2. The number of hydrogen-bond donors (Lipinski definition) is 2. The van der Waals surface area contributed by atoms with Gasteiger partial charge in [-0.15, -0.1) is 0 Å². The zero-order valence-electron chi connectivity index (χ0n) is 18.0. The number of rotatable bonds is 7. The Kier molecular flexibility index (Phi) is 5.55. The number of carbonyl (C=O) groups excluding carboxylic acids is 1. The normalized spacial score (nSPS) is 11.9. The minimum atomic E-state index is -0.161. The summed E-state index contributed by atoms with van der Waals surface area (Å²) in [5.74, 6) is 1.76. The second-order valence-electron chi connectivity index (χ2n) is 7.60. The Bertz CT molecular complexity index is 1390. The maximum absolute atomic E-state index is 12.5. The number of para-hydroxylation sites is 2. The van der Waals surface area contributed by atoms with Crippen molar-refractivity contribution in [1.29, 1.82) is 0 Å². The third kappa shape index (κ3) is 4.45. The van der Waals surface area contributed by atoms with Gasteiger partial charge in [-0.05, 0) is 55.0 Å². The lowest BCUT2D eigenvalue weighted by atomic mass is 10.0. The van der Waals surface area contributed by atoms with Crippen molar-refractivity contribution in [3.05, 3.63) is 102 Å². The molecule has 0 aliphatic carbocycles. The van der Waals surface area contributed by atoms with Gasteiger partial charge in [0.15, 0.2) is 0 Å². The first-order valence-corrected chi connectivity index (χ1v) is 10.6. The third-order valence-electron chi connectivity index (χ3n) is 5.34. The summed E-state index contributed by atoms with van der Waals surface area (Å²) in [6, 6.07) is 20.7. The molecular weight excluding hydrogens is 416 g/mol. The lowest BCUT2D eigenvalue weighted by Gasteiger charge is -2.16.